The Morgan fingerprint density at radius 1 is 1.15 bits per heavy atom. The highest BCUT2D eigenvalue weighted by Crippen LogP contribution is 2.37. The Morgan fingerprint density at radius 2 is 1.80 bits per heavy atom. The van der Waals surface area contributed by atoms with Crippen molar-refractivity contribution in [3.63, 3.8) is 0 Å². The van der Waals surface area contributed by atoms with Crippen LogP contribution in [0.5, 0.6) is 11.5 Å². The lowest BCUT2D eigenvalue weighted by Crippen LogP contribution is -2.17. The fraction of sp³-hybridized carbons (Fsp3) is 0.625. The van der Waals surface area contributed by atoms with Crippen molar-refractivity contribution in [1.82, 2.24) is 0 Å². The molecule has 0 saturated carbocycles. The summed E-state index contributed by atoms with van der Waals surface area (Å²) in [5, 5.41) is 0. The molecule has 0 spiro atoms. The Labute approximate surface area is 130 Å². The molecule has 1 aromatic rings. The standard InChI is InChI=1S/C16H24BrNO2/c1-16(2,6-7-18)5-4-12-10-14-15(11-13(12)17)20-9-3-8-19-14/h10-11H,3-9,18H2,1-2H3. The van der Waals surface area contributed by atoms with Gasteiger partial charge in [-0.05, 0) is 48.9 Å². The second-order valence-electron chi connectivity index (χ2n) is 6.14. The van der Waals surface area contributed by atoms with Crippen molar-refractivity contribution in [2.45, 2.75) is 39.5 Å². The van der Waals surface area contributed by atoms with Gasteiger partial charge in [0.15, 0.2) is 11.5 Å². The molecular formula is C16H24BrNO2. The normalized spacial score (nSPS) is 15.0. The highest BCUT2D eigenvalue weighted by molar-refractivity contribution is 9.10. The number of hydrogen-bond donors (Lipinski definition) is 1. The van der Waals surface area contributed by atoms with Crippen molar-refractivity contribution in [3.05, 3.63) is 22.2 Å². The number of aryl methyl sites for hydroxylation is 1. The van der Waals surface area contributed by atoms with E-state index in [1.165, 1.54) is 5.56 Å². The maximum Gasteiger partial charge on any atom is 0.162 e. The highest BCUT2D eigenvalue weighted by Gasteiger charge is 2.19. The largest absolute Gasteiger partial charge is 0.490 e. The molecule has 0 aliphatic carbocycles. The van der Waals surface area contributed by atoms with Crippen molar-refractivity contribution in [1.29, 1.82) is 0 Å². The minimum Gasteiger partial charge on any atom is -0.490 e. The lowest BCUT2D eigenvalue weighted by atomic mass is 9.83. The predicted octanol–water partition coefficient (Wildman–Crippen LogP) is 3.92. The summed E-state index contributed by atoms with van der Waals surface area (Å²) >= 11 is 3.65. The lowest BCUT2D eigenvalue weighted by Gasteiger charge is -2.24. The first-order valence-corrected chi connectivity index (χ1v) is 8.09. The van der Waals surface area contributed by atoms with Crippen LogP contribution >= 0.6 is 15.9 Å². The van der Waals surface area contributed by atoms with E-state index < -0.39 is 0 Å². The number of nitrogens with two attached hydrogens (primary N) is 1. The predicted molar refractivity (Wildman–Crippen MR) is 85.5 cm³/mol. The van der Waals surface area contributed by atoms with Crippen LogP contribution in [0.2, 0.25) is 0 Å². The van der Waals surface area contributed by atoms with Crippen LogP contribution in [-0.4, -0.2) is 19.8 Å². The molecular weight excluding hydrogens is 318 g/mol. The van der Waals surface area contributed by atoms with E-state index >= 15 is 0 Å². The van der Waals surface area contributed by atoms with E-state index in [-0.39, 0.29) is 5.41 Å². The average Bonchev–Trinajstić information content (AvgIpc) is 2.60. The van der Waals surface area contributed by atoms with Gasteiger partial charge in [0.25, 0.3) is 0 Å². The number of hydrogen-bond acceptors (Lipinski definition) is 3. The molecule has 1 heterocycles. The highest BCUT2D eigenvalue weighted by atomic mass is 79.9. The molecule has 2 rings (SSSR count). The number of rotatable bonds is 5. The molecule has 0 amide bonds. The fourth-order valence-electron chi connectivity index (χ4n) is 2.41. The molecule has 0 aromatic heterocycles. The molecule has 1 aromatic carbocycles. The summed E-state index contributed by atoms with van der Waals surface area (Å²) in [6.07, 6.45) is 4.12. The van der Waals surface area contributed by atoms with Crippen molar-refractivity contribution >= 4 is 15.9 Å². The third-order valence-corrected chi connectivity index (χ3v) is 4.55. The van der Waals surface area contributed by atoms with E-state index in [4.69, 9.17) is 15.2 Å². The molecule has 4 heteroatoms. The van der Waals surface area contributed by atoms with E-state index in [9.17, 15) is 0 Å². The van der Waals surface area contributed by atoms with Crippen LogP contribution in [0.4, 0.5) is 0 Å². The summed E-state index contributed by atoms with van der Waals surface area (Å²) in [5.41, 5.74) is 7.23. The molecule has 0 unspecified atom stereocenters. The van der Waals surface area contributed by atoms with Crippen molar-refractivity contribution in [3.8, 4) is 11.5 Å². The molecule has 3 nitrogen and oxygen atoms in total. The van der Waals surface area contributed by atoms with E-state index in [2.05, 4.69) is 35.8 Å². The molecule has 1 aliphatic heterocycles. The zero-order valence-electron chi connectivity index (χ0n) is 12.4. The fourth-order valence-corrected chi connectivity index (χ4v) is 2.93. The SMILES string of the molecule is CC(C)(CCN)CCc1cc2c(cc1Br)OCCCO2. The van der Waals surface area contributed by atoms with Gasteiger partial charge in [0.1, 0.15) is 0 Å². The summed E-state index contributed by atoms with van der Waals surface area (Å²) < 4.78 is 12.6. The summed E-state index contributed by atoms with van der Waals surface area (Å²) in [7, 11) is 0. The van der Waals surface area contributed by atoms with E-state index in [1.54, 1.807) is 0 Å². The molecule has 0 fully saturated rings. The summed E-state index contributed by atoms with van der Waals surface area (Å²) in [6.45, 7) is 6.75. The molecule has 0 atom stereocenters. The first-order chi connectivity index (χ1) is 9.52. The third-order valence-electron chi connectivity index (χ3n) is 3.81. The van der Waals surface area contributed by atoms with Gasteiger partial charge < -0.3 is 15.2 Å². The molecule has 0 radical (unpaired) electrons. The van der Waals surface area contributed by atoms with Gasteiger partial charge in [0.05, 0.1) is 13.2 Å². The van der Waals surface area contributed by atoms with Gasteiger partial charge in [-0.3, -0.25) is 0 Å². The molecule has 2 N–H and O–H groups in total. The average molecular weight is 342 g/mol. The van der Waals surface area contributed by atoms with Crippen LogP contribution in [0.25, 0.3) is 0 Å². The smallest absolute Gasteiger partial charge is 0.162 e. The quantitative estimate of drug-likeness (QED) is 0.882. The monoisotopic (exact) mass is 341 g/mol. The van der Waals surface area contributed by atoms with Crippen LogP contribution < -0.4 is 15.2 Å². The first-order valence-electron chi connectivity index (χ1n) is 7.30. The second kappa shape index (κ2) is 6.81. The number of ether oxygens (including phenoxy) is 2. The second-order valence-corrected chi connectivity index (χ2v) is 7.00. The number of halogens is 1. The Balaban J connectivity index is 2.10. The van der Waals surface area contributed by atoms with Crippen LogP contribution in [0.1, 0.15) is 38.7 Å². The number of benzene rings is 1. The molecule has 1 aliphatic rings. The summed E-state index contributed by atoms with van der Waals surface area (Å²) in [4.78, 5) is 0. The molecule has 112 valence electrons. The summed E-state index contributed by atoms with van der Waals surface area (Å²) in [6, 6.07) is 4.15. The Morgan fingerprint density at radius 3 is 2.45 bits per heavy atom. The third kappa shape index (κ3) is 4.13. The van der Waals surface area contributed by atoms with Crippen LogP contribution in [0.3, 0.4) is 0 Å². The van der Waals surface area contributed by atoms with Crippen LogP contribution in [-0.2, 0) is 6.42 Å². The van der Waals surface area contributed by atoms with Gasteiger partial charge in [-0.1, -0.05) is 29.8 Å². The molecule has 20 heavy (non-hydrogen) atoms. The first kappa shape index (κ1) is 15.6. The lowest BCUT2D eigenvalue weighted by molar-refractivity contribution is 0.296. The van der Waals surface area contributed by atoms with Gasteiger partial charge in [0, 0.05) is 10.9 Å². The van der Waals surface area contributed by atoms with Gasteiger partial charge in [-0.2, -0.15) is 0 Å². The van der Waals surface area contributed by atoms with Crippen molar-refractivity contribution in [2.24, 2.45) is 11.1 Å². The zero-order valence-corrected chi connectivity index (χ0v) is 14.0. The Kier molecular flexibility index (Phi) is 5.33. The van der Waals surface area contributed by atoms with Gasteiger partial charge in [-0.15, -0.1) is 0 Å². The van der Waals surface area contributed by atoms with Crippen LogP contribution in [0.15, 0.2) is 16.6 Å². The minimum absolute atomic E-state index is 0.276. The van der Waals surface area contributed by atoms with E-state index in [0.717, 1.165) is 61.4 Å². The molecule has 0 bridgehead atoms. The minimum atomic E-state index is 0.276. The van der Waals surface area contributed by atoms with Crippen LogP contribution in [0, 0.1) is 5.41 Å². The zero-order chi connectivity index (χ0) is 14.6. The number of fused-ring (bicyclic) bond motifs is 1. The van der Waals surface area contributed by atoms with Crippen molar-refractivity contribution < 1.29 is 9.47 Å². The van der Waals surface area contributed by atoms with Gasteiger partial charge in [-0.25, -0.2) is 0 Å². The summed E-state index contributed by atoms with van der Waals surface area (Å²) in [5.74, 6) is 1.72. The van der Waals surface area contributed by atoms with Crippen molar-refractivity contribution in [2.75, 3.05) is 19.8 Å². The van der Waals surface area contributed by atoms with E-state index in [0.29, 0.717) is 0 Å². The van der Waals surface area contributed by atoms with Gasteiger partial charge >= 0.3 is 0 Å². The van der Waals surface area contributed by atoms with E-state index in [1.807, 2.05) is 6.07 Å². The maximum atomic E-state index is 5.76. The maximum absolute atomic E-state index is 5.76. The Hall–Kier alpha value is -0.740. The van der Waals surface area contributed by atoms with Gasteiger partial charge in [0.2, 0.25) is 0 Å². The topological polar surface area (TPSA) is 44.5 Å². The Bertz CT molecular complexity index is 460. The molecule has 0 saturated heterocycles.